The number of carbonyl (C=O) groups is 1. The SMILES string of the molecule is C=C1N=C(O)C(=NNc2c(O)[nH]c(=O)[nH]c2=O)C(=O)N1.[Ni]. The standard InChI is InChI=1S/C9H8N6O5.Ni/c1-2-10-5(16)3(6(17)11-2)14-15-4-7(18)12-9(20)13-8(4)19;/h15H,1H2,(H,10,16)(H,11,17)(H3,12,13,18,19,20);. The average Bonchev–Trinajstić information content (AvgIpc) is 2.30. The smallest absolute Gasteiger partial charge is 0.328 e. The summed E-state index contributed by atoms with van der Waals surface area (Å²) in [7, 11) is 0. The Bertz CT molecular complexity index is 776. The molecule has 2 rings (SSSR count). The zero-order valence-electron chi connectivity index (χ0n) is 10.0. The first-order chi connectivity index (χ1) is 9.38. The number of anilines is 1. The number of aromatic nitrogens is 2. The van der Waals surface area contributed by atoms with Crippen LogP contribution in [-0.4, -0.2) is 37.7 Å². The van der Waals surface area contributed by atoms with Gasteiger partial charge < -0.3 is 15.5 Å². The molecule has 0 bridgehead atoms. The fourth-order valence-electron chi connectivity index (χ4n) is 1.29. The molecule has 21 heavy (non-hydrogen) atoms. The number of H-pyrrole nitrogens is 2. The summed E-state index contributed by atoms with van der Waals surface area (Å²) >= 11 is 0. The first-order valence-electron chi connectivity index (χ1n) is 5.06. The summed E-state index contributed by atoms with van der Waals surface area (Å²) in [6.07, 6.45) is 0. The minimum Gasteiger partial charge on any atom is -0.493 e. The topological polar surface area (TPSA) is 172 Å². The number of rotatable bonds is 2. The van der Waals surface area contributed by atoms with E-state index in [4.69, 9.17) is 0 Å². The summed E-state index contributed by atoms with van der Waals surface area (Å²) in [6, 6.07) is 0. The second-order valence-corrected chi connectivity index (χ2v) is 3.54. The van der Waals surface area contributed by atoms with Crippen LogP contribution in [0.15, 0.2) is 32.1 Å². The Labute approximate surface area is 125 Å². The minimum atomic E-state index is -0.965. The number of aliphatic hydroxyl groups excluding tert-OH is 1. The van der Waals surface area contributed by atoms with Crippen LogP contribution in [0.4, 0.5) is 5.69 Å². The van der Waals surface area contributed by atoms with Crippen molar-refractivity contribution in [3.05, 3.63) is 33.2 Å². The summed E-state index contributed by atoms with van der Waals surface area (Å²) in [5, 5.41) is 24.4. The fraction of sp³-hybridized carbons (Fsp3) is 0. The van der Waals surface area contributed by atoms with Crippen LogP contribution in [0, 0.1) is 0 Å². The number of hydrogen-bond acceptors (Lipinski definition) is 7. The second kappa shape index (κ2) is 6.05. The number of hydrazone groups is 1. The van der Waals surface area contributed by atoms with E-state index in [0.717, 1.165) is 0 Å². The van der Waals surface area contributed by atoms with Gasteiger partial charge in [0.1, 0.15) is 5.82 Å². The van der Waals surface area contributed by atoms with Crippen molar-refractivity contribution in [3.63, 3.8) is 0 Å². The van der Waals surface area contributed by atoms with Crippen molar-refractivity contribution < 1.29 is 31.5 Å². The van der Waals surface area contributed by atoms with Gasteiger partial charge in [-0.1, -0.05) is 6.58 Å². The van der Waals surface area contributed by atoms with Gasteiger partial charge in [0.25, 0.3) is 11.5 Å². The third-order valence-corrected chi connectivity index (χ3v) is 2.13. The number of nitrogens with one attached hydrogen (secondary N) is 4. The van der Waals surface area contributed by atoms with Crippen molar-refractivity contribution in [2.75, 3.05) is 5.43 Å². The number of nitrogens with zero attached hydrogens (tertiary/aromatic N) is 2. The predicted molar refractivity (Wildman–Crippen MR) is 67.8 cm³/mol. The molecule has 1 aliphatic heterocycles. The van der Waals surface area contributed by atoms with E-state index >= 15 is 0 Å². The summed E-state index contributed by atoms with van der Waals surface area (Å²) in [6.45, 7) is 3.32. The van der Waals surface area contributed by atoms with Crippen LogP contribution in [0.5, 0.6) is 5.88 Å². The number of carbonyl (C=O) groups excluding carboxylic acids is 1. The summed E-state index contributed by atoms with van der Waals surface area (Å²) in [5.74, 6) is -2.38. The molecule has 0 aromatic carbocycles. The molecule has 0 atom stereocenters. The van der Waals surface area contributed by atoms with Crippen LogP contribution in [0.1, 0.15) is 0 Å². The molecule has 114 valence electrons. The molecule has 6 N–H and O–H groups in total. The average molecular weight is 339 g/mol. The third-order valence-electron chi connectivity index (χ3n) is 2.13. The van der Waals surface area contributed by atoms with Gasteiger partial charge in [0.05, 0.1) is 0 Å². The van der Waals surface area contributed by atoms with Gasteiger partial charge in [-0.3, -0.25) is 25.0 Å². The van der Waals surface area contributed by atoms with Gasteiger partial charge in [0.2, 0.25) is 17.5 Å². The van der Waals surface area contributed by atoms with Crippen LogP contribution in [-0.2, 0) is 21.3 Å². The molecule has 0 fully saturated rings. The molecule has 1 aromatic heterocycles. The molecule has 11 nitrogen and oxygen atoms in total. The Balaban J connectivity index is 0.00000220. The number of hydrogen-bond donors (Lipinski definition) is 6. The number of amides is 1. The first-order valence-corrected chi connectivity index (χ1v) is 5.06. The van der Waals surface area contributed by atoms with E-state index in [2.05, 4.69) is 22.0 Å². The van der Waals surface area contributed by atoms with Crippen molar-refractivity contribution in [3.8, 4) is 5.88 Å². The Kier molecular flexibility index (Phi) is 4.66. The Morgan fingerprint density at radius 1 is 1.19 bits per heavy atom. The van der Waals surface area contributed by atoms with Crippen LogP contribution >= 0.6 is 0 Å². The molecule has 12 heteroatoms. The minimum absolute atomic E-state index is 0. The molecule has 0 aliphatic carbocycles. The van der Waals surface area contributed by atoms with Gasteiger partial charge in [-0.2, -0.15) is 10.1 Å². The predicted octanol–water partition coefficient (Wildman–Crippen LogP) is -1.91. The maximum atomic E-state index is 11.5. The molecule has 0 saturated carbocycles. The zero-order chi connectivity index (χ0) is 14.9. The number of aromatic amines is 2. The Morgan fingerprint density at radius 3 is 2.43 bits per heavy atom. The summed E-state index contributed by atoms with van der Waals surface area (Å²) < 4.78 is 0. The van der Waals surface area contributed by atoms with E-state index in [1.807, 2.05) is 15.4 Å². The van der Waals surface area contributed by atoms with E-state index in [1.54, 1.807) is 0 Å². The monoisotopic (exact) mass is 338 g/mol. The van der Waals surface area contributed by atoms with E-state index in [1.165, 1.54) is 0 Å². The molecule has 1 amide bonds. The molecular weight excluding hydrogens is 331 g/mol. The number of aromatic hydroxyl groups is 1. The molecular formula is C9H8N6NiO5. The quantitative estimate of drug-likeness (QED) is 0.271. The van der Waals surface area contributed by atoms with Crippen molar-refractivity contribution in [1.82, 2.24) is 15.3 Å². The summed E-state index contributed by atoms with van der Waals surface area (Å²) in [5.41, 5.74) is -0.871. The maximum absolute atomic E-state index is 11.5. The van der Waals surface area contributed by atoms with Crippen molar-refractivity contribution in [1.29, 1.82) is 0 Å². The largest absolute Gasteiger partial charge is 0.493 e. The van der Waals surface area contributed by atoms with Crippen LogP contribution in [0.2, 0.25) is 0 Å². The maximum Gasteiger partial charge on any atom is 0.328 e. The van der Waals surface area contributed by atoms with Crippen LogP contribution < -0.4 is 22.0 Å². The van der Waals surface area contributed by atoms with Crippen molar-refractivity contribution >= 4 is 23.2 Å². The first kappa shape index (κ1) is 16.2. The van der Waals surface area contributed by atoms with Gasteiger partial charge >= 0.3 is 5.69 Å². The van der Waals surface area contributed by atoms with Crippen LogP contribution in [0.25, 0.3) is 0 Å². The van der Waals surface area contributed by atoms with Gasteiger partial charge in [-0.25, -0.2) is 4.79 Å². The van der Waals surface area contributed by atoms with Gasteiger partial charge in [0.15, 0.2) is 5.69 Å². The molecule has 0 unspecified atom stereocenters. The van der Waals surface area contributed by atoms with Crippen molar-refractivity contribution in [2.24, 2.45) is 10.1 Å². The molecule has 0 spiro atoms. The fourth-order valence-corrected chi connectivity index (χ4v) is 1.29. The van der Waals surface area contributed by atoms with E-state index in [0.29, 0.717) is 0 Å². The van der Waals surface area contributed by atoms with E-state index in [-0.39, 0.29) is 22.3 Å². The van der Waals surface area contributed by atoms with Crippen molar-refractivity contribution in [2.45, 2.75) is 0 Å². The van der Waals surface area contributed by atoms with E-state index < -0.39 is 40.3 Å². The van der Waals surface area contributed by atoms with E-state index in [9.17, 15) is 24.6 Å². The van der Waals surface area contributed by atoms with Gasteiger partial charge in [0, 0.05) is 16.5 Å². The molecule has 2 heterocycles. The van der Waals surface area contributed by atoms with Gasteiger partial charge in [-0.05, 0) is 0 Å². The van der Waals surface area contributed by atoms with Crippen LogP contribution in [0.3, 0.4) is 0 Å². The molecule has 0 radical (unpaired) electrons. The Morgan fingerprint density at radius 2 is 1.86 bits per heavy atom. The molecule has 0 saturated heterocycles. The zero-order valence-corrected chi connectivity index (χ0v) is 11.0. The Hall–Kier alpha value is -2.88. The molecule has 1 aliphatic rings. The van der Waals surface area contributed by atoms with Gasteiger partial charge in [-0.15, -0.1) is 0 Å². The normalized spacial score (nSPS) is 16.0. The summed E-state index contributed by atoms with van der Waals surface area (Å²) in [4.78, 5) is 40.9. The number of aliphatic imine (C=N–C) groups is 1. The number of aliphatic hydroxyl groups is 1. The molecule has 1 aromatic rings. The second-order valence-electron chi connectivity index (χ2n) is 3.54. The third kappa shape index (κ3) is 3.36.